The Bertz CT molecular complexity index is 1320. The van der Waals surface area contributed by atoms with Crippen molar-refractivity contribution in [3.05, 3.63) is 58.7 Å². The largest absolute Gasteiger partial charge is 0.0610 e. The lowest BCUT2D eigenvalue weighted by Crippen LogP contribution is -2.29. The summed E-state index contributed by atoms with van der Waals surface area (Å²) >= 11 is 0. The van der Waals surface area contributed by atoms with Crippen molar-refractivity contribution < 1.29 is 0 Å². The molecule has 0 heterocycles. The second kappa shape index (κ2) is 6.72. The maximum atomic E-state index is 2.49. The summed E-state index contributed by atoms with van der Waals surface area (Å²) in [6.07, 6.45) is 0. The predicted octanol–water partition coefficient (Wildman–Crippen LogP) is 9.77. The van der Waals surface area contributed by atoms with Gasteiger partial charge in [-0.2, -0.15) is 0 Å². The fourth-order valence-corrected chi connectivity index (χ4v) is 5.87. The lowest BCUT2D eigenvalue weighted by atomic mass is 9.64. The van der Waals surface area contributed by atoms with Gasteiger partial charge in [-0.3, -0.25) is 0 Å². The molecular weight excluding hydrogens is 384 g/mol. The zero-order valence-corrected chi connectivity index (χ0v) is 22.5. The van der Waals surface area contributed by atoms with E-state index in [9.17, 15) is 0 Å². The first-order chi connectivity index (χ1) is 14.4. The SMILES string of the molecule is CC(C)(C)c1c(C(C)(C)C)c2ccc3cccc4cc(C(C)(C)C)c(c1C(C)(C)C)c2c34. The first-order valence-corrected chi connectivity index (χ1v) is 12.2. The molecule has 0 heteroatoms. The summed E-state index contributed by atoms with van der Waals surface area (Å²) in [7, 11) is 0. The highest BCUT2D eigenvalue weighted by molar-refractivity contribution is 6.26. The monoisotopic (exact) mass is 426 g/mol. The second-order valence-corrected chi connectivity index (χ2v) is 14.0. The minimum Gasteiger partial charge on any atom is -0.0610 e. The van der Waals surface area contributed by atoms with E-state index in [1.165, 1.54) is 43.4 Å². The average molecular weight is 427 g/mol. The van der Waals surface area contributed by atoms with Gasteiger partial charge >= 0.3 is 0 Å². The van der Waals surface area contributed by atoms with Crippen LogP contribution in [0.4, 0.5) is 0 Å². The zero-order valence-electron chi connectivity index (χ0n) is 22.5. The Morgan fingerprint density at radius 1 is 0.438 bits per heavy atom. The van der Waals surface area contributed by atoms with E-state index in [1.807, 2.05) is 0 Å². The molecule has 0 amide bonds. The fourth-order valence-electron chi connectivity index (χ4n) is 5.87. The highest BCUT2D eigenvalue weighted by atomic mass is 14.4. The van der Waals surface area contributed by atoms with Crippen LogP contribution in [-0.4, -0.2) is 0 Å². The van der Waals surface area contributed by atoms with Gasteiger partial charge in [-0.25, -0.2) is 0 Å². The summed E-state index contributed by atoms with van der Waals surface area (Å²) in [6, 6.07) is 14.1. The number of hydrogen-bond acceptors (Lipinski definition) is 0. The Balaban J connectivity index is 2.53. The third-order valence-electron chi connectivity index (χ3n) is 6.97. The molecule has 4 aromatic rings. The van der Waals surface area contributed by atoms with Crippen molar-refractivity contribution in [1.29, 1.82) is 0 Å². The lowest BCUT2D eigenvalue weighted by molar-refractivity contribution is 0.503. The van der Waals surface area contributed by atoms with E-state index in [1.54, 1.807) is 11.1 Å². The molecule has 0 aliphatic heterocycles. The van der Waals surface area contributed by atoms with Crippen molar-refractivity contribution in [2.24, 2.45) is 0 Å². The van der Waals surface area contributed by atoms with Gasteiger partial charge in [0, 0.05) is 0 Å². The third kappa shape index (κ3) is 3.42. The molecule has 0 saturated heterocycles. The van der Waals surface area contributed by atoms with Crippen LogP contribution < -0.4 is 0 Å². The van der Waals surface area contributed by atoms with E-state index in [0.717, 1.165) is 0 Å². The second-order valence-electron chi connectivity index (χ2n) is 14.0. The van der Waals surface area contributed by atoms with Gasteiger partial charge in [0.25, 0.3) is 0 Å². The van der Waals surface area contributed by atoms with Crippen molar-refractivity contribution in [3.63, 3.8) is 0 Å². The van der Waals surface area contributed by atoms with Crippen LogP contribution in [0.5, 0.6) is 0 Å². The molecule has 0 spiro atoms. The highest BCUT2D eigenvalue weighted by Crippen LogP contribution is 2.52. The molecule has 32 heavy (non-hydrogen) atoms. The van der Waals surface area contributed by atoms with Crippen LogP contribution in [0.25, 0.3) is 32.3 Å². The van der Waals surface area contributed by atoms with E-state index in [-0.39, 0.29) is 21.7 Å². The van der Waals surface area contributed by atoms with Crippen molar-refractivity contribution in [2.75, 3.05) is 0 Å². The standard InChI is InChI=1S/C32H42/c1-29(2,3)22-18-20-15-13-14-19-16-17-21-24(23(19)20)25(22)27(31(7,8)9)28(32(10,11)12)26(21)30(4,5)6/h13-18H,1-12H3. The van der Waals surface area contributed by atoms with Crippen LogP contribution >= 0.6 is 0 Å². The maximum absolute atomic E-state index is 2.49. The van der Waals surface area contributed by atoms with Gasteiger partial charge in [0.2, 0.25) is 0 Å². The first kappa shape index (κ1) is 23.1. The lowest BCUT2D eigenvalue weighted by Gasteiger charge is -2.40. The zero-order chi connectivity index (χ0) is 24.0. The Morgan fingerprint density at radius 3 is 1.47 bits per heavy atom. The summed E-state index contributed by atoms with van der Waals surface area (Å²) in [4.78, 5) is 0. The van der Waals surface area contributed by atoms with E-state index in [0.29, 0.717) is 0 Å². The number of hydrogen-bond donors (Lipinski definition) is 0. The summed E-state index contributed by atoms with van der Waals surface area (Å²) in [6.45, 7) is 28.7. The molecule has 0 bridgehead atoms. The first-order valence-electron chi connectivity index (χ1n) is 12.2. The minimum atomic E-state index is 0.0327. The summed E-state index contributed by atoms with van der Waals surface area (Å²) < 4.78 is 0. The van der Waals surface area contributed by atoms with Gasteiger partial charge in [0.1, 0.15) is 0 Å². The van der Waals surface area contributed by atoms with Crippen LogP contribution in [-0.2, 0) is 21.7 Å². The Hall–Kier alpha value is -2.08. The molecule has 4 aromatic carbocycles. The van der Waals surface area contributed by atoms with Gasteiger partial charge in [0.05, 0.1) is 0 Å². The third-order valence-corrected chi connectivity index (χ3v) is 6.97. The van der Waals surface area contributed by atoms with Crippen LogP contribution in [0.3, 0.4) is 0 Å². The summed E-state index contributed by atoms with van der Waals surface area (Å²) in [5.74, 6) is 0. The molecule has 0 atom stereocenters. The Morgan fingerprint density at radius 2 is 0.969 bits per heavy atom. The molecule has 0 nitrogen and oxygen atoms in total. The molecule has 0 saturated carbocycles. The van der Waals surface area contributed by atoms with Crippen LogP contribution in [0.1, 0.15) is 105 Å². The molecule has 170 valence electrons. The predicted molar refractivity (Wildman–Crippen MR) is 145 cm³/mol. The van der Waals surface area contributed by atoms with E-state index in [2.05, 4.69) is 119 Å². The van der Waals surface area contributed by atoms with E-state index in [4.69, 9.17) is 0 Å². The van der Waals surface area contributed by atoms with Gasteiger partial charge in [-0.05, 0) is 82.3 Å². The minimum absolute atomic E-state index is 0.0327. The summed E-state index contributed by atoms with van der Waals surface area (Å²) in [5.41, 5.74) is 6.29. The molecule has 0 fully saturated rings. The molecule has 0 aliphatic rings. The maximum Gasteiger partial charge on any atom is -0.00177 e. The molecule has 0 aromatic heterocycles. The molecule has 0 radical (unpaired) electrons. The molecule has 0 unspecified atom stereocenters. The average Bonchev–Trinajstić information content (AvgIpc) is 2.61. The molecule has 0 N–H and O–H groups in total. The molecular formula is C32H42. The smallest absolute Gasteiger partial charge is 0.00177 e. The van der Waals surface area contributed by atoms with Crippen molar-refractivity contribution >= 4 is 32.3 Å². The van der Waals surface area contributed by atoms with E-state index >= 15 is 0 Å². The fraction of sp³-hybridized carbons (Fsp3) is 0.500. The quantitative estimate of drug-likeness (QED) is 0.245. The van der Waals surface area contributed by atoms with Gasteiger partial charge in [-0.15, -0.1) is 0 Å². The van der Waals surface area contributed by atoms with Crippen molar-refractivity contribution in [3.8, 4) is 0 Å². The topological polar surface area (TPSA) is 0 Å². The molecule has 0 aliphatic carbocycles. The Kier molecular flexibility index (Phi) is 4.85. The van der Waals surface area contributed by atoms with Crippen molar-refractivity contribution in [1.82, 2.24) is 0 Å². The molecule has 4 rings (SSSR count). The van der Waals surface area contributed by atoms with Crippen molar-refractivity contribution in [2.45, 2.75) is 105 Å². The summed E-state index contributed by atoms with van der Waals surface area (Å²) in [5, 5.41) is 8.58. The van der Waals surface area contributed by atoms with Crippen LogP contribution in [0.15, 0.2) is 36.4 Å². The van der Waals surface area contributed by atoms with Crippen LogP contribution in [0, 0.1) is 0 Å². The van der Waals surface area contributed by atoms with Gasteiger partial charge in [-0.1, -0.05) is 113 Å². The van der Waals surface area contributed by atoms with E-state index < -0.39 is 0 Å². The normalized spacial score (nSPS) is 14.2. The van der Waals surface area contributed by atoms with Gasteiger partial charge in [0.15, 0.2) is 0 Å². The number of rotatable bonds is 0. The van der Waals surface area contributed by atoms with Crippen LogP contribution in [0.2, 0.25) is 0 Å². The number of benzene rings is 4. The Labute approximate surface area is 195 Å². The highest BCUT2D eigenvalue weighted by Gasteiger charge is 2.37. The van der Waals surface area contributed by atoms with Gasteiger partial charge < -0.3 is 0 Å².